The first kappa shape index (κ1) is 24.9. The highest BCUT2D eigenvalue weighted by Gasteiger charge is 2.45. The number of carbonyl (C=O) groups is 2. The summed E-state index contributed by atoms with van der Waals surface area (Å²) in [6.45, 7) is 6.23. The van der Waals surface area contributed by atoms with Gasteiger partial charge in [-0.3, -0.25) is 14.5 Å². The number of aryl methyl sites for hydroxylation is 1. The van der Waals surface area contributed by atoms with Crippen LogP contribution in [0.3, 0.4) is 0 Å². The van der Waals surface area contributed by atoms with Crippen molar-refractivity contribution in [1.82, 2.24) is 9.80 Å². The average Bonchev–Trinajstić information content (AvgIpc) is 3.14. The molecule has 2 aromatic rings. The highest BCUT2D eigenvalue weighted by atomic mass is 19.1. The van der Waals surface area contributed by atoms with E-state index in [9.17, 15) is 19.1 Å². The Hall–Kier alpha value is -3.23. The SMILES string of the molecule is CCc1ccc([C@@H]2C(=C(O)c3ccc(OC)c(F)c3)C(=O)C(=O)N2CCCN2CCOCC2)cc1. The number of carbonyl (C=O) groups excluding carboxylic acids is 2. The van der Waals surface area contributed by atoms with Crippen molar-refractivity contribution in [2.75, 3.05) is 46.5 Å². The maximum absolute atomic E-state index is 14.4. The maximum Gasteiger partial charge on any atom is 0.295 e. The molecule has 0 spiro atoms. The van der Waals surface area contributed by atoms with Crippen LogP contribution in [0.15, 0.2) is 48.0 Å². The van der Waals surface area contributed by atoms with Crippen LogP contribution in [0.2, 0.25) is 0 Å². The van der Waals surface area contributed by atoms with Crippen molar-refractivity contribution in [1.29, 1.82) is 0 Å². The van der Waals surface area contributed by atoms with Crippen molar-refractivity contribution in [2.45, 2.75) is 25.8 Å². The Balaban J connectivity index is 1.69. The van der Waals surface area contributed by atoms with Crippen molar-refractivity contribution in [2.24, 2.45) is 0 Å². The Kier molecular flexibility index (Phi) is 7.83. The number of nitrogens with zero attached hydrogens (tertiary/aromatic N) is 2. The van der Waals surface area contributed by atoms with Gasteiger partial charge in [0.1, 0.15) is 5.76 Å². The number of methoxy groups -OCH3 is 1. The van der Waals surface area contributed by atoms with E-state index in [4.69, 9.17) is 9.47 Å². The fourth-order valence-corrected chi connectivity index (χ4v) is 4.65. The number of hydrogen-bond donors (Lipinski definition) is 1. The minimum atomic E-state index is -0.769. The van der Waals surface area contributed by atoms with E-state index in [0.29, 0.717) is 26.2 Å². The lowest BCUT2D eigenvalue weighted by Gasteiger charge is -2.29. The molecule has 0 saturated carbocycles. The number of halogens is 1. The van der Waals surface area contributed by atoms with E-state index in [0.717, 1.165) is 43.2 Å². The minimum Gasteiger partial charge on any atom is -0.507 e. The van der Waals surface area contributed by atoms with Crippen molar-refractivity contribution >= 4 is 17.4 Å². The highest BCUT2D eigenvalue weighted by molar-refractivity contribution is 6.46. The molecule has 0 radical (unpaired) electrons. The average molecular weight is 483 g/mol. The third-order valence-corrected chi connectivity index (χ3v) is 6.65. The predicted molar refractivity (Wildman–Crippen MR) is 130 cm³/mol. The zero-order chi connectivity index (χ0) is 24.9. The molecule has 1 amide bonds. The normalized spacial score (nSPS) is 20.4. The molecule has 0 aromatic heterocycles. The molecule has 0 aliphatic carbocycles. The van der Waals surface area contributed by atoms with Gasteiger partial charge in [0.25, 0.3) is 11.7 Å². The quantitative estimate of drug-likeness (QED) is 0.352. The Morgan fingerprint density at radius 1 is 1.11 bits per heavy atom. The number of benzene rings is 2. The minimum absolute atomic E-state index is 0.0248. The zero-order valence-electron chi connectivity index (χ0n) is 20.1. The van der Waals surface area contributed by atoms with E-state index in [1.807, 2.05) is 31.2 Å². The Bertz CT molecular complexity index is 1110. The van der Waals surface area contributed by atoms with Crippen molar-refractivity contribution in [3.63, 3.8) is 0 Å². The molecular formula is C27H31FN2O5. The molecule has 2 saturated heterocycles. The molecule has 2 aliphatic rings. The molecule has 4 rings (SSSR count). The number of rotatable bonds is 8. The number of hydrogen-bond acceptors (Lipinski definition) is 6. The van der Waals surface area contributed by atoms with Gasteiger partial charge in [0.05, 0.1) is 31.9 Å². The number of amides is 1. The van der Waals surface area contributed by atoms with E-state index in [1.165, 1.54) is 24.1 Å². The van der Waals surface area contributed by atoms with Gasteiger partial charge >= 0.3 is 0 Å². The van der Waals surface area contributed by atoms with E-state index < -0.39 is 29.3 Å². The van der Waals surface area contributed by atoms with Crippen molar-refractivity contribution in [3.05, 3.63) is 70.5 Å². The summed E-state index contributed by atoms with van der Waals surface area (Å²) < 4.78 is 24.7. The van der Waals surface area contributed by atoms with Crippen LogP contribution in [0.25, 0.3) is 5.76 Å². The lowest BCUT2D eigenvalue weighted by atomic mass is 9.94. The Morgan fingerprint density at radius 2 is 1.83 bits per heavy atom. The summed E-state index contributed by atoms with van der Waals surface area (Å²) in [5.74, 6) is -2.47. The Labute approximate surface area is 204 Å². The predicted octanol–water partition coefficient (Wildman–Crippen LogP) is 3.54. The molecule has 8 heteroatoms. The molecule has 2 fully saturated rings. The monoisotopic (exact) mass is 482 g/mol. The van der Waals surface area contributed by atoms with Gasteiger partial charge < -0.3 is 19.5 Å². The number of Topliss-reactive ketones (excluding diaryl/α,β-unsaturated/α-hetero) is 1. The number of ketones is 1. The molecule has 186 valence electrons. The number of ether oxygens (including phenoxy) is 2. The van der Waals surface area contributed by atoms with Crippen LogP contribution in [0.5, 0.6) is 5.75 Å². The second-order valence-corrected chi connectivity index (χ2v) is 8.74. The van der Waals surface area contributed by atoms with Gasteiger partial charge in [0.2, 0.25) is 0 Å². The first-order valence-corrected chi connectivity index (χ1v) is 12.0. The lowest BCUT2D eigenvalue weighted by Crippen LogP contribution is -2.38. The molecule has 35 heavy (non-hydrogen) atoms. The largest absolute Gasteiger partial charge is 0.507 e. The van der Waals surface area contributed by atoms with E-state index in [-0.39, 0.29) is 16.9 Å². The summed E-state index contributed by atoms with van der Waals surface area (Å²) in [6, 6.07) is 10.9. The van der Waals surface area contributed by atoms with Crippen LogP contribution in [0.1, 0.15) is 36.1 Å². The number of morpholine rings is 1. The van der Waals surface area contributed by atoms with Crippen LogP contribution < -0.4 is 4.74 Å². The van der Waals surface area contributed by atoms with E-state index >= 15 is 0 Å². The van der Waals surface area contributed by atoms with Crippen LogP contribution in [-0.2, 0) is 20.7 Å². The Morgan fingerprint density at radius 3 is 2.46 bits per heavy atom. The molecule has 0 unspecified atom stereocenters. The fraction of sp³-hybridized carbons (Fsp3) is 0.407. The maximum atomic E-state index is 14.4. The number of aliphatic hydroxyl groups is 1. The summed E-state index contributed by atoms with van der Waals surface area (Å²) >= 11 is 0. The van der Waals surface area contributed by atoms with E-state index in [2.05, 4.69) is 4.90 Å². The van der Waals surface area contributed by atoms with E-state index in [1.54, 1.807) is 0 Å². The van der Waals surface area contributed by atoms with Crippen LogP contribution in [0.4, 0.5) is 4.39 Å². The molecule has 2 aromatic carbocycles. The number of aliphatic hydroxyl groups excluding tert-OH is 1. The van der Waals surface area contributed by atoms with Gasteiger partial charge in [-0.1, -0.05) is 31.2 Å². The molecule has 2 aliphatic heterocycles. The van der Waals surface area contributed by atoms with Gasteiger partial charge in [-0.05, 0) is 42.2 Å². The number of likely N-dealkylation sites (tertiary alicyclic amines) is 1. The lowest BCUT2D eigenvalue weighted by molar-refractivity contribution is -0.140. The smallest absolute Gasteiger partial charge is 0.295 e. The topological polar surface area (TPSA) is 79.3 Å². The third kappa shape index (κ3) is 5.23. The molecular weight excluding hydrogens is 451 g/mol. The molecule has 1 N–H and O–H groups in total. The standard InChI is InChI=1S/C27H31FN2O5/c1-3-18-5-7-19(8-6-18)24-23(25(31)20-9-10-22(34-2)21(28)17-20)26(32)27(33)30(24)12-4-11-29-13-15-35-16-14-29/h5-10,17,24,31H,3-4,11-16H2,1-2H3/t24-/m1/s1. The summed E-state index contributed by atoms with van der Waals surface area (Å²) in [5.41, 5.74) is 1.93. The molecule has 2 heterocycles. The molecule has 1 atom stereocenters. The summed E-state index contributed by atoms with van der Waals surface area (Å²) in [4.78, 5) is 30.1. The molecule has 7 nitrogen and oxygen atoms in total. The van der Waals surface area contributed by atoms with Gasteiger partial charge in [0, 0.05) is 31.7 Å². The zero-order valence-corrected chi connectivity index (χ0v) is 20.1. The summed E-state index contributed by atoms with van der Waals surface area (Å²) in [7, 11) is 1.35. The van der Waals surface area contributed by atoms with Crippen LogP contribution in [-0.4, -0.2) is 73.1 Å². The second kappa shape index (κ2) is 11.0. The second-order valence-electron chi connectivity index (χ2n) is 8.74. The van der Waals surface area contributed by atoms with Crippen LogP contribution >= 0.6 is 0 Å². The van der Waals surface area contributed by atoms with Gasteiger partial charge in [-0.15, -0.1) is 0 Å². The van der Waals surface area contributed by atoms with Gasteiger partial charge in [-0.2, -0.15) is 0 Å². The third-order valence-electron chi connectivity index (χ3n) is 6.65. The highest BCUT2D eigenvalue weighted by Crippen LogP contribution is 2.40. The van der Waals surface area contributed by atoms with Gasteiger partial charge in [-0.25, -0.2) is 4.39 Å². The first-order valence-electron chi connectivity index (χ1n) is 12.0. The van der Waals surface area contributed by atoms with Gasteiger partial charge in [0.15, 0.2) is 11.6 Å². The first-order chi connectivity index (χ1) is 16.9. The summed E-state index contributed by atoms with van der Waals surface area (Å²) in [6.07, 6.45) is 1.53. The molecule has 0 bridgehead atoms. The van der Waals surface area contributed by atoms with Crippen molar-refractivity contribution in [3.8, 4) is 5.75 Å². The van der Waals surface area contributed by atoms with Crippen LogP contribution in [0, 0.1) is 5.82 Å². The summed E-state index contributed by atoms with van der Waals surface area (Å²) in [5, 5.41) is 11.1. The van der Waals surface area contributed by atoms with Crippen molar-refractivity contribution < 1.29 is 28.6 Å². The fourth-order valence-electron chi connectivity index (χ4n) is 4.65.